The van der Waals surface area contributed by atoms with E-state index in [1.807, 2.05) is 12.1 Å². The highest BCUT2D eigenvalue weighted by Gasteiger charge is 2.34. The van der Waals surface area contributed by atoms with Crippen molar-refractivity contribution in [3.8, 4) is 23.0 Å². The average Bonchev–Trinajstić information content (AvgIpc) is 3.52. The van der Waals surface area contributed by atoms with Gasteiger partial charge in [0, 0.05) is 35.6 Å². The van der Waals surface area contributed by atoms with Crippen LogP contribution in [0.15, 0.2) is 103 Å². The number of methoxy groups -OCH3 is 2. The number of carboxylic acid groups (broad SMARTS) is 2. The zero-order valence-electron chi connectivity index (χ0n) is 31.9. The van der Waals surface area contributed by atoms with Crippen LogP contribution in [0.3, 0.4) is 0 Å². The zero-order valence-corrected chi connectivity index (χ0v) is 31.9. The molecule has 1 fully saturated rings. The largest absolute Gasteiger partial charge is 0.507 e. The van der Waals surface area contributed by atoms with Crippen molar-refractivity contribution in [2.75, 3.05) is 27.3 Å². The molecule has 0 aromatic heterocycles. The van der Waals surface area contributed by atoms with Gasteiger partial charge in [-0.15, -0.1) is 0 Å². The number of hydrogen-bond donors (Lipinski definition) is 4. The molecule has 0 spiro atoms. The molecular formula is C47H45NO9. The van der Waals surface area contributed by atoms with Crippen LogP contribution in [0.1, 0.15) is 72.6 Å². The highest BCUT2D eigenvalue weighted by Crippen LogP contribution is 2.41. The molecule has 292 valence electrons. The van der Waals surface area contributed by atoms with Crippen molar-refractivity contribution < 1.29 is 44.3 Å². The number of fused-ring (bicyclic) bond motifs is 3. The van der Waals surface area contributed by atoms with Gasteiger partial charge in [-0.1, -0.05) is 78.9 Å². The van der Waals surface area contributed by atoms with Gasteiger partial charge in [0.15, 0.2) is 17.3 Å². The number of phenols is 2. The SMILES string of the molecule is COc1cc2c(cc1OC)C(=O)C(CC1CCN(Cc3ccccc3)CC1)C2.O=C(O)c1cc2ccccc2c(Cc2c(O)c(C(=O)O)cc3ccccc23)c1O. The number of rotatable bonds is 10. The normalized spacial score (nSPS) is 15.5. The third-order valence-electron chi connectivity index (χ3n) is 11.4. The van der Waals surface area contributed by atoms with Gasteiger partial charge in [0.2, 0.25) is 0 Å². The van der Waals surface area contributed by atoms with Gasteiger partial charge in [0.1, 0.15) is 22.6 Å². The van der Waals surface area contributed by atoms with Crippen LogP contribution in [0.25, 0.3) is 21.5 Å². The number of nitrogens with zero attached hydrogens (tertiary/aromatic N) is 1. The number of hydrogen-bond acceptors (Lipinski definition) is 8. The lowest BCUT2D eigenvalue weighted by Gasteiger charge is -2.32. The molecule has 8 rings (SSSR count). The lowest BCUT2D eigenvalue weighted by Crippen LogP contribution is -2.34. The third-order valence-corrected chi connectivity index (χ3v) is 11.4. The van der Waals surface area contributed by atoms with E-state index in [0.717, 1.165) is 43.6 Å². The van der Waals surface area contributed by atoms with Crippen LogP contribution < -0.4 is 9.47 Å². The van der Waals surface area contributed by atoms with E-state index in [4.69, 9.17) is 9.47 Å². The predicted molar refractivity (Wildman–Crippen MR) is 218 cm³/mol. The summed E-state index contributed by atoms with van der Waals surface area (Å²) in [5.41, 5.74) is 3.42. The average molecular weight is 768 g/mol. The van der Waals surface area contributed by atoms with Crippen molar-refractivity contribution in [3.63, 3.8) is 0 Å². The minimum absolute atomic E-state index is 0.0407. The van der Waals surface area contributed by atoms with Crippen LogP contribution in [-0.2, 0) is 19.4 Å². The Morgan fingerprint density at radius 2 is 1.21 bits per heavy atom. The van der Waals surface area contributed by atoms with E-state index in [1.54, 1.807) is 62.8 Å². The van der Waals surface area contributed by atoms with Crippen LogP contribution in [-0.4, -0.2) is 70.4 Å². The smallest absolute Gasteiger partial charge is 0.339 e. The second kappa shape index (κ2) is 16.8. The molecule has 0 amide bonds. The standard InChI is InChI=1S/C24H29NO3.C23H16O6/c1-27-22-14-19-13-20(24(26)21(19)15-23(22)28-2)12-17-8-10-25(11-9-17)16-18-6-4-3-5-7-18;24-20-16(14-7-3-1-5-12(14)9-18(20)22(26)27)11-17-15-8-4-2-6-13(15)10-19(21(17)25)23(28)29/h3-7,14-15,17,20H,8-13,16H2,1-2H3;1-10,24-25H,11H2,(H,26,27)(H,28,29). The number of carbonyl (C=O) groups is 3. The first-order valence-corrected chi connectivity index (χ1v) is 19.0. The summed E-state index contributed by atoms with van der Waals surface area (Å²) < 4.78 is 10.8. The number of Topliss-reactive ketones (excluding diaryl/α,β-unsaturated/α-hetero) is 1. The quantitative estimate of drug-likeness (QED) is 0.106. The molecule has 1 heterocycles. The Hall–Kier alpha value is -6.39. The first-order chi connectivity index (χ1) is 27.6. The molecule has 0 saturated carbocycles. The highest BCUT2D eigenvalue weighted by molar-refractivity contribution is 6.03. The van der Waals surface area contributed by atoms with Gasteiger partial charge in [0.05, 0.1) is 14.2 Å². The van der Waals surface area contributed by atoms with Gasteiger partial charge in [-0.2, -0.15) is 0 Å². The van der Waals surface area contributed by atoms with Gasteiger partial charge < -0.3 is 29.9 Å². The highest BCUT2D eigenvalue weighted by atomic mass is 16.5. The van der Waals surface area contributed by atoms with Crippen molar-refractivity contribution >= 4 is 39.3 Å². The Morgan fingerprint density at radius 3 is 1.74 bits per heavy atom. The minimum atomic E-state index is -1.28. The predicted octanol–water partition coefficient (Wildman–Crippen LogP) is 8.75. The van der Waals surface area contributed by atoms with Gasteiger partial charge in [-0.25, -0.2) is 9.59 Å². The van der Waals surface area contributed by atoms with Gasteiger partial charge in [0.25, 0.3) is 0 Å². The minimum Gasteiger partial charge on any atom is -0.507 e. The number of benzene rings is 6. The van der Waals surface area contributed by atoms with Crippen molar-refractivity contribution in [1.82, 2.24) is 4.90 Å². The summed E-state index contributed by atoms with van der Waals surface area (Å²) in [6.45, 7) is 3.27. The number of carboxylic acids is 2. The summed E-state index contributed by atoms with van der Waals surface area (Å²) >= 11 is 0. The number of ketones is 1. The summed E-state index contributed by atoms with van der Waals surface area (Å²) in [4.78, 5) is 38.7. The summed E-state index contributed by atoms with van der Waals surface area (Å²) in [6, 6.07) is 31.3. The van der Waals surface area contributed by atoms with Crippen molar-refractivity contribution in [3.05, 3.63) is 142 Å². The monoisotopic (exact) mass is 767 g/mol. The molecule has 1 aliphatic carbocycles. The molecule has 1 saturated heterocycles. The van der Waals surface area contributed by atoms with Crippen LogP contribution in [0.2, 0.25) is 0 Å². The van der Waals surface area contributed by atoms with E-state index in [0.29, 0.717) is 50.1 Å². The second-order valence-corrected chi connectivity index (χ2v) is 14.8. The Kier molecular flexibility index (Phi) is 11.4. The van der Waals surface area contributed by atoms with Crippen LogP contribution in [0.5, 0.6) is 23.0 Å². The van der Waals surface area contributed by atoms with Crippen LogP contribution in [0.4, 0.5) is 0 Å². The number of aromatic carboxylic acids is 2. The van der Waals surface area contributed by atoms with E-state index >= 15 is 0 Å². The molecule has 1 aliphatic heterocycles. The molecule has 6 aromatic rings. The maximum Gasteiger partial charge on any atom is 0.339 e. The summed E-state index contributed by atoms with van der Waals surface area (Å²) in [5.74, 6) is -0.973. The molecule has 4 N–H and O–H groups in total. The van der Waals surface area contributed by atoms with E-state index in [2.05, 4.69) is 35.2 Å². The molecule has 1 atom stereocenters. The molecule has 10 heteroatoms. The lowest BCUT2D eigenvalue weighted by molar-refractivity contribution is 0.0682. The molecule has 57 heavy (non-hydrogen) atoms. The Balaban J connectivity index is 0.000000174. The molecule has 0 radical (unpaired) electrons. The fourth-order valence-electron chi connectivity index (χ4n) is 8.40. The molecular weight excluding hydrogens is 723 g/mol. The number of carbonyl (C=O) groups excluding carboxylic acids is 1. The topological polar surface area (TPSA) is 154 Å². The number of piperidine rings is 1. The summed E-state index contributed by atoms with van der Waals surface area (Å²) in [5, 5.41) is 42.8. The fraction of sp³-hybridized carbons (Fsp3) is 0.255. The van der Waals surface area contributed by atoms with Crippen molar-refractivity contribution in [1.29, 1.82) is 0 Å². The third kappa shape index (κ3) is 8.13. The number of likely N-dealkylation sites (tertiary alicyclic amines) is 1. The van der Waals surface area contributed by atoms with E-state index in [9.17, 15) is 34.8 Å². The first kappa shape index (κ1) is 38.9. The molecule has 2 aliphatic rings. The van der Waals surface area contributed by atoms with Crippen LogP contribution in [0, 0.1) is 11.8 Å². The Bertz CT molecular complexity index is 2370. The van der Waals surface area contributed by atoms with Crippen LogP contribution >= 0.6 is 0 Å². The van der Waals surface area contributed by atoms with Gasteiger partial charge >= 0.3 is 11.9 Å². The Labute approximate surface area is 330 Å². The van der Waals surface area contributed by atoms with Crippen molar-refractivity contribution in [2.45, 2.75) is 38.6 Å². The van der Waals surface area contributed by atoms with Crippen molar-refractivity contribution in [2.24, 2.45) is 11.8 Å². The van der Waals surface area contributed by atoms with Gasteiger partial charge in [-0.05, 0) is 102 Å². The van der Waals surface area contributed by atoms with E-state index < -0.39 is 23.4 Å². The second-order valence-electron chi connectivity index (χ2n) is 14.8. The molecule has 10 nitrogen and oxygen atoms in total. The molecule has 6 aromatic carbocycles. The zero-order chi connectivity index (χ0) is 40.2. The maximum atomic E-state index is 12.9. The maximum absolute atomic E-state index is 12.9. The summed E-state index contributed by atoms with van der Waals surface area (Å²) in [7, 11) is 3.26. The lowest BCUT2D eigenvalue weighted by atomic mass is 9.85. The molecule has 0 bridgehead atoms. The fourth-order valence-corrected chi connectivity index (χ4v) is 8.40. The summed E-state index contributed by atoms with van der Waals surface area (Å²) in [6.07, 6.45) is 4.15. The number of ether oxygens (including phenoxy) is 2. The first-order valence-electron chi connectivity index (χ1n) is 19.0. The van der Waals surface area contributed by atoms with E-state index in [-0.39, 0.29) is 29.2 Å². The van der Waals surface area contributed by atoms with Gasteiger partial charge in [-0.3, -0.25) is 9.69 Å². The van der Waals surface area contributed by atoms with E-state index in [1.165, 1.54) is 30.5 Å². The number of aromatic hydroxyl groups is 2. The molecule has 1 unspecified atom stereocenters. The Morgan fingerprint density at radius 1 is 0.702 bits per heavy atom.